The maximum Gasteiger partial charge on any atom is 0.405 e. The fraction of sp³-hybridized carbons (Fsp3) is 0.556. The zero-order valence-electron chi connectivity index (χ0n) is 15.2. The first-order chi connectivity index (χ1) is 12.6. The van der Waals surface area contributed by atoms with Crippen molar-refractivity contribution in [2.24, 2.45) is 0 Å². The van der Waals surface area contributed by atoms with Gasteiger partial charge in [0.2, 0.25) is 5.91 Å². The van der Waals surface area contributed by atoms with E-state index in [2.05, 4.69) is 5.32 Å². The molecule has 1 saturated heterocycles. The largest absolute Gasteiger partial charge is 0.405 e. The molecule has 0 bridgehead atoms. The predicted molar refractivity (Wildman–Crippen MR) is 98.0 cm³/mol. The number of likely N-dealkylation sites (tertiary alicyclic amines) is 1. The molecule has 1 fully saturated rings. The Morgan fingerprint density at radius 3 is 2.44 bits per heavy atom. The summed E-state index contributed by atoms with van der Waals surface area (Å²) in [6, 6.07) is 4.75. The topological polar surface area (TPSA) is 61.4 Å². The minimum absolute atomic E-state index is 0.0724. The van der Waals surface area contributed by atoms with E-state index in [1.165, 1.54) is 6.07 Å². The molecule has 1 heterocycles. The second-order valence-corrected chi connectivity index (χ2v) is 7.21. The molecule has 5 nitrogen and oxygen atoms in total. The minimum Gasteiger partial charge on any atom is -0.376 e. The molecule has 0 saturated carbocycles. The monoisotopic (exact) mass is 405 g/mol. The number of rotatable bonds is 5. The molecule has 2 atom stereocenters. The Balaban J connectivity index is 2.12. The van der Waals surface area contributed by atoms with Gasteiger partial charge in [0, 0.05) is 22.8 Å². The highest BCUT2D eigenvalue weighted by atomic mass is 35.5. The maximum absolute atomic E-state index is 13.1. The van der Waals surface area contributed by atoms with Gasteiger partial charge in [-0.3, -0.25) is 9.59 Å². The van der Waals surface area contributed by atoms with Crippen molar-refractivity contribution >= 4 is 29.1 Å². The van der Waals surface area contributed by atoms with Crippen molar-refractivity contribution in [2.45, 2.75) is 51.4 Å². The number of benzene rings is 1. The summed E-state index contributed by atoms with van der Waals surface area (Å²) in [4.78, 5) is 26.5. The first kappa shape index (κ1) is 21.3. The van der Waals surface area contributed by atoms with E-state index in [1.807, 2.05) is 13.8 Å². The summed E-state index contributed by atoms with van der Waals surface area (Å²) >= 11 is 6.03. The van der Waals surface area contributed by atoms with Crippen molar-refractivity contribution in [2.75, 3.05) is 18.4 Å². The van der Waals surface area contributed by atoms with Gasteiger partial charge in [0.1, 0.15) is 6.54 Å². The highest BCUT2D eigenvalue weighted by Crippen LogP contribution is 2.28. The molecule has 2 rings (SSSR count). The van der Waals surface area contributed by atoms with E-state index >= 15 is 0 Å². The van der Waals surface area contributed by atoms with Crippen molar-refractivity contribution in [1.82, 2.24) is 10.2 Å². The smallest absolute Gasteiger partial charge is 0.376 e. The SMILES string of the molecule is C[C@@H]1CCC[C@@H](C)N1C(=O)c1cc(Cl)ccc1NCC(=O)NCC(F)(F)F. The van der Waals surface area contributed by atoms with Gasteiger partial charge in [0.25, 0.3) is 5.91 Å². The van der Waals surface area contributed by atoms with Crippen LogP contribution in [0.25, 0.3) is 0 Å². The third kappa shape index (κ3) is 6.02. The van der Waals surface area contributed by atoms with Crippen molar-refractivity contribution in [1.29, 1.82) is 0 Å². The van der Waals surface area contributed by atoms with E-state index in [9.17, 15) is 22.8 Å². The normalized spacial score (nSPS) is 20.3. The molecule has 9 heteroatoms. The van der Waals surface area contributed by atoms with Gasteiger partial charge in [-0.1, -0.05) is 11.6 Å². The third-order valence-electron chi connectivity index (χ3n) is 4.57. The molecule has 1 aromatic rings. The Morgan fingerprint density at radius 1 is 1.22 bits per heavy atom. The third-order valence-corrected chi connectivity index (χ3v) is 4.80. The lowest BCUT2D eigenvalue weighted by atomic mass is 9.96. The number of hydrogen-bond donors (Lipinski definition) is 2. The van der Waals surface area contributed by atoms with E-state index in [4.69, 9.17) is 11.6 Å². The summed E-state index contributed by atoms with van der Waals surface area (Å²) in [5, 5.41) is 4.89. The Bertz CT molecular complexity index is 687. The Kier molecular flexibility index (Phi) is 6.97. The van der Waals surface area contributed by atoms with Crippen molar-refractivity contribution in [3.63, 3.8) is 0 Å². The first-order valence-corrected chi connectivity index (χ1v) is 9.16. The number of hydrogen-bond acceptors (Lipinski definition) is 3. The second-order valence-electron chi connectivity index (χ2n) is 6.78. The zero-order chi connectivity index (χ0) is 20.2. The molecular weight excluding hydrogens is 383 g/mol. The van der Waals surface area contributed by atoms with Crippen LogP contribution in [0.1, 0.15) is 43.5 Å². The van der Waals surface area contributed by atoms with Crippen LogP contribution in [0.15, 0.2) is 18.2 Å². The van der Waals surface area contributed by atoms with Gasteiger partial charge in [0.05, 0.1) is 12.1 Å². The van der Waals surface area contributed by atoms with Crippen LogP contribution in [0.2, 0.25) is 5.02 Å². The van der Waals surface area contributed by atoms with Gasteiger partial charge in [-0.2, -0.15) is 13.2 Å². The van der Waals surface area contributed by atoms with Crippen LogP contribution in [0.4, 0.5) is 18.9 Å². The standard InChI is InChI=1S/C18H23ClF3N3O2/c1-11-4-3-5-12(2)25(11)17(27)14-8-13(19)6-7-15(14)23-9-16(26)24-10-18(20,21)22/h6-8,11-12,23H,3-5,9-10H2,1-2H3,(H,24,26)/t11-,12-/m1/s1. The predicted octanol–water partition coefficient (Wildman–Crippen LogP) is 3.83. The van der Waals surface area contributed by atoms with E-state index in [1.54, 1.807) is 22.3 Å². The number of anilines is 1. The molecule has 0 unspecified atom stereocenters. The lowest BCUT2D eigenvalue weighted by molar-refractivity contribution is -0.137. The lowest BCUT2D eigenvalue weighted by Gasteiger charge is -2.39. The van der Waals surface area contributed by atoms with Crippen LogP contribution in [-0.2, 0) is 4.79 Å². The number of alkyl halides is 3. The van der Waals surface area contributed by atoms with Crippen molar-refractivity contribution in [3.8, 4) is 0 Å². The first-order valence-electron chi connectivity index (χ1n) is 8.78. The number of piperidine rings is 1. The van der Waals surface area contributed by atoms with Crippen molar-refractivity contribution < 1.29 is 22.8 Å². The lowest BCUT2D eigenvalue weighted by Crippen LogP contribution is -2.47. The molecule has 150 valence electrons. The quantitative estimate of drug-likeness (QED) is 0.782. The molecule has 1 aliphatic rings. The number of carbonyl (C=O) groups is 2. The molecule has 2 amide bonds. The highest BCUT2D eigenvalue weighted by molar-refractivity contribution is 6.31. The van der Waals surface area contributed by atoms with E-state index < -0.39 is 18.6 Å². The average Bonchev–Trinajstić information content (AvgIpc) is 2.58. The summed E-state index contributed by atoms with van der Waals surface area (Å²) in [6.07, 6.45) is -1.62. The highest BCUT2D eigenvalue weighted by Gasteiger charge is 2.31. The van der Waals surface area contributed by atoms with Gasteiger partial charge in [0.15, 0.2) is 0 Å². The van der Waals surface area contributed by atoms with E-state index in [0.29, 0.717) is 16.3 Å². The summed E-state index contributed by atoms with van der Waals surface area (Å²) < 4.78 is 36.5. The number of nitrogens with zero attached hydrogens (tertiary/aromatic N) is 1. The molecule has 0 aliphatic carbocycles. The van der Waals surface area contributed by atoms with Crippen LogP contribution in [0, 0.1) is 0 Å². The Labute approximate surface area is 161 Å². The fourth-order valence-corrected chi connectivity index (χ4v) is 3.42. The van der Waals surface area contributed by atoms with E-state index in [-0.39, 0.29) is 24.5 Å². The molecule has 1 aromatic carbocycles. The van der Waals surface area contributed by atoms with Crippen LogP contribution in [-0.4, -0.2) is 48.1 Å². The van der Waals surface area contributed by atoms with Crippen molar-refractivity contribution in [3.05, 3.63) is 28.8 Å². The van der Waals surface area contributed by atoms with Crippen LogP contribution in [0.5, 0.6) is 0 Å². The molecule has 0 aromatic heterocycles. The molecule has 1 aliphatic heterocycles. The molecule has 0 spiro atoms. The maximum atomic E-state index is 13.1. The molecule has 2 N–H and O–H groups in total. The van der Waals surface area contributed by atoms with Gasteiger partial charge < -0.3 is 15.5 Å². The van der Waals surface area contributed by atoms with E-state index in [0.717, 1.165) is 19.3 Å². The van der Waals surface area contributed by atoms with Gasteiger partial charge in [-0.05, 0) is 51.3 Å². The number of amides is 2. The fourth-order valence-electron chi connectivity index (χ4n) is 3.25. The summed E-state index contributed by atoms with van der Waals surface area (Å²) in [5.74, 6) is -1.03. The van der Waals surface area contributed by atoms with Crippen LogP contribution >= 0.6 is 11.6 Å². The minimum atomic E-state index is -4.47. The van der Waals surface area contributed by atoms with Gasteiger partial charge in [-0.15, -0.1) is 0 Å². The number of carbonyl (C=O) groups excluding carboxylic acids is 2. The Morgan fingerprint density at radius 2 is 1.85 bits per heavy atom. The average molecular weight is 406 g/mol. The van der Waals surface area contributed by atoms with Crippen LogP contribution < -0.4 is 10.6 Å². The summed E-state index contributed by atoms with van der Waals surface area (Å²) in [6.45, 7) is 2.18. The summed E-state index contributed by atoms with van der Waals surface area (Å²) in [7, 11) is 0. The summed E-state index contributed by atoms with van der Waals surface area (Å²) in [5.41, 5.74) is 0.656. The number of nitrogens with one attached hydrogen (secondary N) is 2. The number of halogens is 4. The Hall–Kier alpha value is -1.96. The van der Waals surface area contributed by atoms with Crippen LogP contribution in [0.3, 0.4) is 0 Å². The second kappa shape index (κ2) is 8.82. The molecular formula is C18H23ClF3N3O2. The zero-order valence-corrected chi connectivity index (χ0v) is 16.0. The van der Waals surface area contributed by atoms with Gasteiger partial charge in [-0.25, -0.2) is 0 Å². The molecule has 0 radical (unpaired) electrons. The molecule has 27 heavy (non-hydrogen) atoms. The van der Waals surface area contributed by atoms with Gasteiger partial charge >= 0.3 is 6.18 Å².